The number of rotatable bonds is 6. The van der Waals surface area contributed by atoms with E-state index in [0.717, 1.165) is 6.08 Å². The van der Waals surface area contributed by atoms with Gasteiger partial charge < -0.3 is 14.2 Å². The third kappa shape index (κ3) is 5.48. The number of halogens is 2. The second-order valence-electron chi connectivity index (χ2n) is 3.83. The standard InChI is InChI=1S/C14H13F2NO4/c1-9(8-17)20-13(18)6-4-10-3-5-11(21-14(15)16)12(7-10)19-2/h3-7,9,14H,1-2H3/b6-4+/t9-/m0/s1. The lowest BCUT2D eigenvalue weighted by Crippen LogP contribution is -2.10. The van der Waals surface area contributed by atoms with Crippen molar-refractivity contribution in [3.05, 3.63) is 29.8 Å². The van der Waals surface area contributed by atoms with Crippen molar-refractivity contribution in [2.75, 3.05) is 7.11 Å². The Morgan fingerprint density at radius 2 is 2.10 bits per heavy atom. The lowest BCUT2D eigenvalue weighted by Gasteiger charge is -2.10. The van der Waals surface area contributed by atoms with E-state index in [4.69, 9.17) is 14.7 Å². The third-order valence-corrected chi connectivity index (χ3v) is 2.29. The molecule has 0 saturated carbocycles. The molecule has 1 aromatic rings. The number of carbonyl (C=O) groups excluding carboxylic acids is 1. The number of methoxy groups -OCH3 is 1. The predicted octanol–water partition coefficient (Wildman–Crippen LogP) is 2.77. The number of alkyl halides is 2. The molecule has 0 aliphatic rings. The van der Waals surface area contributed by atoms with Crippen molar-refractivity contribution < 1.29 is 27.8 Å². The normalized spacial score (nSPS) is 12.0. The summed E-state index contributed by atoms with van der Waals surface area (Å²) >= 11 is 0. The van der Waals surface area contributed by atoms with Crippen LogP contribution in [0.3, 0.4) is 0 Å². The molecule has 0 aliphatic heterocycles. The number of esters is 1. The van der Waals surface area contributed by atoms with Crippen molar-refractivity contribution in [2.45, 2.75) is 19.6 Å². The lowest BCUT2D eigenvalue weighted by atomic mass is 10.2. The van der Waals surface area contributed by atoms with Crippen molar-refractivity contribution in [3.63, 3.8) is 0 Å². The van der Waals surface area contributed by atoms with Crippen LogP contribution in [0.2, 0.25) is 0 Å². The third-order valence-electron chi connectivity index (χ3n) is 2.29. The number of nitriles is 1. The monoisotopic (exact) mass is 297 g/mol. The molecule has 0 heterocycles. The van der Waals surface area contributed by atoms with Crippen LogP contribution < -0.4 is 9.47 Å². The van der Waals surface area contributed by atoms with Gasteiger partial charge >= 0.3 is 12.6 Å². The van der Waals surface area contributed by atoms with Gasteiger partial charge in [-0.25, -0.2) is 4.79 Å². The first-order chi connectivity index (χ1) is 9.96. The summed E-state index contributed by atoms with van der Waals surface area (Å²) in [6.07, 6.45) is 1.68. The number of carbonyl (C=O) groups is 1. The fourth-order valence-corrected chi connectivity index (χ4v) is 1.39. The van der Waals surface area contributed by atoms with Gasteiger partial charge in [-0.3, -0.25) is 0 Å². The number of nitrogens with zero attached hydrogens (tertiary/aromatic N) is 1. The van der Waals surface area contributed by atoms with Gasteiger partial charge in [0, 0.05) is 6.08 Å². The summed E-state index contributed by atoms with van der Waals surface area (Å²) in [5.41, 5.74) is 0.523. The molecule has 0 N–H and O–H groups in total. The van der Waals surface area contributed by atoms with Crippen molar-refractivity contribution >= 4 is 12.0 Å². The molecule has 0 radical (unpaired) electrons. The zero-order valence-corrected chi connectivity index (χ0v) is 11.4. The Hall–Kier alpha value is -2.62. The minimum Gasteiger partial charge on any atom is -0.493 e. The summed E-state index contributed by atoms with van der Waals surface area (Å²) in [4.78, 5) is 11.3. The zero-order valence-electron chi connectivity index (χ0n) is 11.4. The van der Waals surface area contributed by atoms with E-state index < -0.39 is 18.7 Å². The number of hydrogen-bond acceptors (Lipinski definition) is 5. The molecule has 0 unspecified atom stereocenters. The van der Waals surface area contributed by atoms with Crippen LogP contribution >= 0.6 is 0 Å². The van der Waals surface area contributed by atoms with Crippen molar-refractivity contribution in [1.82, 2.24) is 0 Å². The van der Waals surface area contributed by atoms with E-state index >= 15 is 0 Å². The summed E-state index contributed by atoms with van der Waals surface area (Å²) < 4.78 is 38.2. The molecular weight excluding hydrogens is 284 g/mol. The van der Waals surface area contributed by atoms with Gasteiger partial charge in [0.2, 0.25) is 0 Å². The fourth-order valence-electron chi connectivity index (χ4n) is 1.39. The van der Waals surface area contributed by atoms with E-state index in [9.17, 15) is 13.6 Å². The minimum atomic E-state index is -2.96. The van der Waals surface area contributed by atoms with E-state index in [1.807, 2.05) is 0 Å². The van der Waals surface area contributed by atoms with Gasteiger partial charge in [0.05, 0.1) is 7.11 Å². The summed E-state index contributed by atoms with van der Waals surface area (Å²) in [5.74, 6) is -0.683. The van der Waals surface area contributed by atoms with Crippen LogP contribution in [0, 0.1) is 11.3 Å². The fraction of sp³-hybridized carbons (Fsp3) is 0.286. The highest BCUT2D eigenvalue weighted by Gasteiger charge is 2.10. The maximum Gasteiger partial charge on any atom is 0.387 e. The zero-order chi connectivity index (χ0) is 15.8. The van der Waals surface area contributed by atoms with Gasteiger partial charge in [-0.2, -0.15) is 14.0 Å². The molecule has 1 aromatic carbocycles. The molecule has 21 heavy (non-hydrogen) atoms. The Balaban J connectivity index is 2.81. The molecular formula is C14H13F2NO4. The van der Waals surface area contributed by atoms with Crippen LogP contribution in [-0.4, -0.2) is 25.8 Å². The van der Waals surface area contributed by atoms with Gasteiger partial charge in [-0.05, 0) is 30.7 Å². The molecule has 7 heteroatoms. The molecule has 0 aromatic heterocycles. The van der Waals surface area contributed by atoms with Gasteiger partial charge in [-0.1, -0.05) is 6.07 Å². The largest absolute Gasteiger partial charge is 0.493 e. The van der Waals surface area contributed by atoms with Gasteiger partial charge in [-0.15, -0.1) is 0 Å². The number of benzene rings is 1. The molecule has 1 atom stereocenters. The average Bonchev–Trinajstić information content (AvgIpc) is 2.45. The average molecular weight is 297 g/mol. The van der Waals surface area contributed by atoms with E-state index in [1.54, 1.807) is 6.07 Å². The quantitative estimate of drug-likeness (QED) is 0.596. The van der Waals surface area contributed by atoms with E-state index in [1.165, 1.54) is 38.3 Å². The Morgan fingerprint density at radius 3 is 2.67 bits per heavy atom. The second-order valence-corrected chi connectivity index (χ2v) is 3.83. The Kier molecular flexibility index (Phi) is 6.14. The van der Waals surface area contributed by atoms with Crippen LogP contribution in [0.4, 0.5) is 8.78 Å². The lowest BCUT2D eigenvalue weighted by molar-refractivity contribution is -0.139. The predicted molar refractivity (Wildman–Crippen MR) is 69.8 cm³/mol. The van der Waals surface area contributed by atoms with Crippen LogP contribution in [-0.2, 0) is 9.53 Å². The summed E-state index contributed by atoms with van der Waals surface area (Å²) in [7, 11) is 1.31. The van der Waals surface area contributed by atoms with Crippen LogP contribution in [0.1, 0.15) is 12.5 Å². The van der Waals surface area contributed by atoms with Gasteiger partial charge in [0.25, 0.3) is 0 Å². The second kappa shape index (κ2) is 7.85. The first-order valence-electron chi connectivity index (χ1n) is 5.87. The molecule has 0 saturated heterocycles. The maximum absolute atomic E-state index is 12.2. The molecule has 0 fully saturated rings. The summed E-state index contributed by atoms with van der Waals surface area (Å²) in [6.45, 7) is -1.52. The molecule has 5 nitrogen and oxygen atoms in total. The SMILES string of the molecule is COc1cc(/C=C/C(=O)O[C@@H](C)C#N)ccc1OC(F)F. The van der Waals surface area contributed by atoms with Gasteiger partial charge in [0.15, 0.2) is 17.6 Å². The topological polar surface area (TPSA) is 68.5 Å². The van der Waals surface area contributed by atoms with Crippen LogP contribution in [0.15, 0.2) is 24.3 Å². The van der Waals surface area contributed by atoms with E-state index in [2.05, 4.69) is 4.74 Å². The highest BCUT2D eigenvalue weighted by molar-refractivity contribution is 5.87. The van der Waals surface area contributed by atoms with Gasteiger partial charge in [0.1, 0.15) is 6.07 Å². The first kappa shape index (κ1) is 16.4. The number of hydrogen-bond donors (Lipinski definition) is 0. The first-order valence-corrected chi connectivity index (χ1v) is 5.87. The van der Waals surface area contributed by atoms with Crippen molar-refractivity contribution in [2.24, 2.45) is 0 Å². The summed E-state index contributed by atoms with van der Waals surface area (Å²) in [5, 5.41) is 8.50. The highest BCUT2D eigenvalue weighted by atomic mass is 19.3. The van der Waals surface area contributed by atoms with E-state index in [0.29, 0.717) is 5.56 Å². The Morgan fingerprint density at radius 1 is 1.38 bits per heavy atom. The van der Waals surface area contributed by atoms with Crippen LogP contribution in [0.5, 0.6) is 11.5 Å². The Labute approximate surface area is 120 Å². The molecule has 0 bridgehead atoms. The molecule has 0 amide bonds. The van der Waals surface area contributed by atoms with E-state index in [-0.39, 0.29) is 11.5 Å². The smallest absolute Gasteiger partial charge is 0.387 e. The van der Waals surface area contributed by atoms with Crippen LogP contribution in [0.25, 0.3) is 6.08 Å². The Bertz CT molecular complexity index is 567. The molecule has 0 spiro atoms. The van der Waals surface area contributed by atoms with Crippen molar-refractivity contribution in [1.29, 1.82) is 5.26 Å². The number of ether oxygens (including phenoxy) is 3. The molecule has 112 valence electrons. The minimum absolute atomic E-state index is 0.106. The molecule has 1 rings (SSSR count). The maximum atomic E-state index is 12.2. The highest BCUT2D eigenvalue weighted by Crippen LogP contribution is 2.29. The molecule has 0 aliphatic carbocycles. The van der Waals surface area contributed by atoms with Crippen molar-refractivity contribution in [3.8, 4) is 17.6 Å². The summed E-state index contributed by atoms with van der Waals surface area (Å²) in [6, 6.07) is 5.95.